The van der Waals surface area contributed by atoms with Gasteiger partial charge in [0.15, 0.2) is 5.82 Å². The molecule has 13 heteroatoms. The first kappa shape index (κ1) is 26.6. The Morgan fingerprint density at radius 2 is 1.77 bits per heavy atom. The highest BCUT2D eigenvalue weighted by atomic mass is 35.5. The number of rotatable bonds is 6. The molecule has 1 aliphatic heterocycles. The number of carbonyl (C=O) groups is 1. The zero-order valence-corrected chi connectivity index (χ0v) is 22.7. The molecule has 39 heavy (non-hydrogen) atoms. The van der Waals surface area contributed by atoms with Crippen molar-refractivity contribution >= 4 is 40.7 Å². The molecule has 0 radical (unpaired) electrons. The van der Waals surface area contributed by atoms with E-state index < -0.39 is 23.7 Å². The molecule has 1 atom stereocenters. The minimum Gasteiger partial charge on any atom is -0.480 e. The molecule has 0 spiro atoms. The topological polar surface area (TPSA) is 94.4 Å². The molecule has 0 aliphatic carbocycles. The molecule has 4 aromatic rings. The number of nitrogens with zero attached hydrogens (tertiary/aromatic N) is 5. The van der Waals surface area contributed by atoms with Crippen LogP contribution in [0.25, 0.3) is 11.4 Å². The Morgan fingerprint density at radius 3 is 2.41 bits per heavy atom. The number of hydrogen-bond acceptors (Lipinski definition) is 6. The third-order valence-corrected chi connectivity index (χ3v) is 6.81. The van der Waals surface area contributed by atoms with Crippen LogP contribution in [0.15, 0.2) is 42.6 Å². The van der Waals surface area contributed by atoms with Crippen LogP contribution in [0.5, 0.6) is 11.9 Å². The van der Waals surface area contributed by atoms with Crippen LogP contribution in [0, 0.1) is 11.6 Å². The molecule has 0 saturated carbocycles. The van der Waals surface area contributed by atoms with Crippen molar-refractivity contribution in [3.8, 4) is 23.3 Å². The minimum absolute atomic E-state index is 0.0752. The van der Waals surface area contributed by atoms with E-state index in [-0.39, 0.29) is 39.5 Å². The second kappa shape index (κ2) is 10.3. The van der Waals surface area contributed by atoms with Gasteiger partial charge < -0.3 is 14.0 Å². The fraction of sp³-hybridized carbons (Fsp3) is 0.231. The van der Waals surface area contributed by atoms with Gasteiger partial charge in [0.05, 0.1) is 35.5 Å². The van der Waals surface area contributed by atoms with Gasteiger partial charge in [-0.1, -0.05) is 29.3 Å². The smallest absolute Gasteiger partial charge is 0.328 e. The molecule has 9 nitrogen and oxygen atoms in total. The fourth-order valence-corrected chi connectivity index (χ4v) is 4.85. The van der Waals surface area contributed by atoms with Gasteiger partial charge in [-0.2, -0.15) is 4.98 Å². The van der Waals surface area contributed by atoms with E-state index in [1.165, 1.54) is 49.6 Å². The van der Waals surface area contributed by atoms with E-state index in [0.717, 1.165) is 6.07 Å². The predicted molar refractivity (Wildman–Crippen MR) is 143 cm³/mol. The summed E-state index contributed by atoms with van der Waals surface area (Å²) in [5.74, 6) is -0.470. The highest BCUT2D eigenvalue weighted by Gasteiger charge is 2.41. The largest absolute Gasteiger partial charge is 0.480 e. The average molecular weight is 575 g/mol. The Kier molecular flexibility index (Phi) is 7.04. The number of fused-ring (bicyclic) bond motifs is 1. The summed E-state index contributed by atoms with van der Waals surface area (Å²) < 4.78 is 41.3. The third-order valence-electron chi connectivity index (χ3n) is 6.22. The van der Waals surface area contributed by atoms with Crippen LogP contribution in [0.4, 0.5) is 25.1 Å². The Balaban J connectivity index is 1.81. The van der Waals surface area contributed by atoms with Crippen LogP contribution in [0.1, 0.15) is 37.2 Å². The van der Waals surface area contributed by atoms with E-state index >= 15 is 0 Å². The number of amides is 2. The maximum absolute atomic E-state index is 14.8. The lowest BCUT2D eigenvalue weighted by Crippen LogP contribution is -2.44. The van der Waals surface area contributed by atoms with E-state index in [2.05, 4.69) is 15.3 Å². The first-order valence-electron chi connectivity index (χ1n) is 11.7. The van der Waals surface area contributed by atoms with E-state index in [0.29, 0.717) is 22.6 Å². The quantitative estimate of drug-likeness (QED) is 0.276. The van der Waals surface area contributed by atoms with Crippen molar-refractivity contribution in [3.05, 3.63) is 75.5 Å². The number of imidazole rings is 1. The van der Waals surface area contributed by atoms with Crippen LogP contribution in [-0.2, 0) is 0 Å². The molecule has 0 fully saturated rings. The summed E-state index contributed by atoms with van der Waals surface area (Å²) in [4.78, 5) is 28.1. The first-order chi connectivity index (χ1) is 18.6. The lowest BCUT2D eigenvalue weighted by Gasteiger charge is -2.37. The zero-order valence-electron chi connectivity index (χ0n) is 21.2. The standard InChI is InChI=1S/C26H22Cl2F2N6O3/c1-12(2)35-21-20(13-5-7-16(27)19(30)9-13)36(14-6-8-18(29)17(28)10-14)26(37)33-22(21)32-23(35)15-11-31-25(39-4)34-24(15)38-3/h5-12,20H,1-4H3,(H,33,37). The predicted octanol–water partition coefficient (Wildman–Crippen LogP) is 6.66. The average Bonchev–Trinajstić information content (AvgIpc) is 3.29. The van der Waals surface area contributed by atoms with E-state index in [1.54, 1.807) is 6.07 Å². The highest BCUT2D eigenvalue weighted by molar-refractivity contribution is 6.31. The van der Waals surface area contributed by atoms with E-state index in [1.807, 2.05) is 18.4 Å². The Bertz CT molecular complexity index is 1600. The molecule has 1 N–H and O–H groups in total. The summed E-state index contributed by atoms with van der Waals surface area (Å²) in [6.07, 6.45) is 1.51. The summed E-state index contributed by atoms with van der Waals surface area (Å²) in [7, 11) is 2.89. The maximum atomic E-state index is 14.8. The maximum Gasteiger partial charge on any atom is 0.328 e. The van der Waals surface area contributed by atoms with Crippen LogP contribution in [0.3, 0.4) is 0 Å². The van der Waals surface area contributed by atoms with Crippen molar-refractivity contribution in [2.24, 2.45) is 0 Å². The summed E-state index contributed by atoms with van der Waals surface area (Å²) in [6.45, 7) is 3.86. The molecular weight excluding hydrogens is 553 g/mol. The number of nitrogens with one attached hydrogen (secondary N) is 1. The number of anilines is 2. The van der Waals surface area contributed by atoms with Gasteiger partial charge in [-0.05, 0) is 49.7 Å². The molecule has 0 bridgehead atoms. The van der Waals surface area contributed by atoms with Crippen molar-refractivity contribution in [1.29, 1.82) is 0 Å². The fourth-order valence-electron chi connectivity index (χ4n) is 4.56. The monoisotopic (exact) mass is 574 g/mol. The van der Waals surface area contributed by atoms with E-state index in [9.17, 15) is 13.6 Å². The van der Waals surface area contributed by atoms with Gasteiger partial charge in [0.2, 0.25) is 5.88 Å². The van der Waals surface area contributed by atoms with Crippen molar-refractivity contribution in [1.82, 2.24) is 19.5 Å². The first-order valence-corrected chi connectivity index (χ1v) is 12.5. The van der Waals surface area contributed by atoms with Crippen LogP contribution in [-0.4, -0.2) is 39.8 Å². The van der Waals surface area contributed by atoms with Gasteiger partial charge >= 0.3 is 12.0 Å². The van der Waals surface area contributed by atoms with Gasteiger partial charge in [-0.3, -0.25) is 10.2 Å². The molecule has 2 amide bonds. The Labute approximate surface area is 232 Å². The van der Waals surface area contributed by atoms with Gasteiger partial charge in [-0.25, -0.2) is 23.5 Å². The molecular formula is C26H22Cl2F2N6O3. The van der Waals surface area contributed by atoms with Crippen molar-refractivity contribution in [3.63, 3.8) is 0 Å². The summed E-state index contributed by atoms with van der Waals surface area (Å²) in [5, 5.41) is 2.55. The van der Waals surface area contributed by atoms with Gasteiger partial charge in [-0.15, -0.1) is 0 Å². The van der Waals surface area contributed by atoms with Gasteiger partial charge in [0.1, 0.15) is 23.5 Å². The number of halogens is 4. The number of hydrogen-bond donors (Lipinski definition) is 1. The molecule has 2 aromatic carbocycles. The summed E-state index contributed by atoms with van der Waals surface area (Å²) >= 11 is 12.1. The minimum atomic E-state index is -0.907. The highest BCUT2D eigenvalue weighted by Crippen LogP contribution is 2.45. The van der Waals surface area contributed by atoms with Crippen molar-refractivity contribution < 1.29 is 23.0 Å². The van der Waals surface area contributed by atoms with Gasteiger partial charge in [0.25, 0.3) is 0 Å². The number of aromatic nitrogens is 4. The molecule has 3 heterocycles. The molecule has 5 rings (SSSR count). The van der Waals surface area contributed by atoms with Crippen LogP contribution < -0.4 is 19.7 Å². The SMILES string of the molecule is COc1ncc(-c2nc3c(n2C(C)C)C(c2ccc(Cl)c(F)c2)N(c2ccc(F)c(Cl)c2)C(=O)N3)c(OC)n1. The number of urea groups is 1. The van der Waals surface area contributed by atoms with Gasteiger partial charge in [0, 0.05) is 17.9 Å². The molecule has 0 saturated heterocycles. The second-order valence-corrected chi connectivity index (χ2v) is 9.70. The number of benzene rings is 2. The second-order valence-electron chi connectivity index (χ2n) is 8.89. The van der Waals surface area contributed by atoms with Crippen molar-refractivity contribution in [2.45, 2.75) is 25.9 Å². The lowest BCUT2D eigenvalue weighted by atomic mass is 9.98. The number of carbonyl (C=O) groups excluding carboxylic acids is 1. The zero-order chi connectivity index (χ0) is 28.0. The Hall–Kier alpha value is -3.96. The normalized spacial score (nSPS) is 14.8. The van der Waals surface area contributed by atoms with Crippen LogP contribution in [0.2, 0.25) is 10.0 Å². The van der Waals surface area contributed by atoms with Crippen molar-refractivity contribution in [2.75, 3.05) is 24.4 Å². The molecule has 202 valence electrons. The molecule has 2 aromatic heterocycles. The Morgan fingerprint density at radius 1 is 1.00 bits per heavy atom. The van der Waals surface area contributed by atoms with Crippen LogP contribution >= 0.6 is 23.2 Å². The molecule has 1 aliphatic rings. The van der Waals surface area contributed by atoms with E-state index in [4.69, 9.17) is 37.7 Å². The number of ether oxygens (including phenoxy) is 2. The summed E-state index contributed by atoms with van der Waals surface area (Å²) in [6, 6.07) is 6.59. The lowest BCUT2D eigenvalue weighted by molar-refractivity contribution is 0.254. The molecule has 1 unspecified atom stereocenters. The number of methoxy groups -OCH3 is 2. The third kappa shape index (κ3) is 4.61. The summed E-state index contributed by atoms with van der Waals surface area (Å²) in [5.41, 5.74) is 1.65.